The van der Waals surface area contributed by atoms with E-state index in [1.807, 2.05) is 19.1 Å². The van der Waals surface area contributed by atoms with Crippen LogP contribution in [0.1, 0.15) is 5.56 Å². The topological polar surface area (TPSA) is 132 Å². The number of aromatic hydroxyl groups is 1. The predicted octanol–water partition coefficient (Wildman–Crippen LogP) is 4.56. The molecular weight excluding hydrogens is 574 g/mol. The molecule has 45 heavy (non-hydrogen) atoms. The Morgan fingerprint density at radius 3 is 2.11 bits per heavy atom. The summed E-state index contributed by atoms with van der Waals surface area (Å²) in [5, 5.41) is 15.0. The van der Waals surface area contributed by atoms with Crippen molar-refractivity contribution in [2.45, 2.75) is 6.92 Å². The van der Waals surface area contributed by atoms with Crippen LogP contribution >= 0.6 is 0 Å². The van der Waals surface area contributed by atoms with E-state index in [2.05, 4.69) is 10.6 Å². The number of para-hydroxylation sites is 1. The number of aryl methyl sites for hydroxylation is 1. The summed E-state index contributed by atoms with van der Waals surface area (Å²) in [6.07, 6.45) is 0. The van der Waals surface area contributed by atoms with Gasteiger partial charge in [-0.05, 0) is 61.0 Å². The van der Waals surface area contributed by atoms with Gasteiger partial charge in [0.05, 0.1) is 6.54 Å². The van der Waals surface area contributed by atoms with E-state index >= 15 is 0 Å². The highest BCUT2D eigenvalue weighted by Gasteiger charge is 2.23. The van der Waals surface area contributed by atoms with Gasteiger partial charge in [0, 0.05) is 49.0 Å². The second kappa shape index (κ2) is 15.1. The molecule has 232 valence electrons. The van der Waals surface area contributed by atoms with E-state index in [1.54, 1.807) is 93.0 Å². The van der Waals surface area contributed by atoms with Crippen LogP contribution < -0.4 is 30.1 Å². The molecule has 0 unspecified atom stereocenters. The number of urea groups is 1. The number of nitrogens with one attached hydrogen (secondary N) is 2. The molecule has 0 aromatic heterocycles. The van der Waals surface area contributed by atoms with Gasteiger partial charge in [-0.2, -0.15) is 0 Å². The van der Waals surface area contributed by atoms with Gasteiger partial charge in [0.1, 0.15) is 18.0 Å². The number of ether oxygens (including phenoxy) is 1. The zero-order valence-corrected chi connectivity index (χ0v) is 25.3. The van der Waals surface area contributed by atoms with Gasteiger partial charge >= 0.3 is 6.03 Å². The minimum atomic E-state index is -0.576. The van der Waals surface area contributed by atoms with Crippen LogP contribution in [0.4, 0.5) is 27.5 Å². The first kappa shape index (κ1) is 32.1. The van der Waals surface area contributed by atoms with Gasteiger partial charge < -0.3 is 35.2 Å². The maximum Gasteiger partial charge on any atom is 0.319 e. The number of carbonyl (C=O) groups excluding carboxylic acids is 4. The van der Waals surface area contributed by atoms with Crippen molar-refractivity contribution in [3.63, 3.8) is 0 Å². The largest absolute Gasteiger partial charge is 0.508 e. The van der Waals surface area contributed by atoms with E-state index < -0.39 is 18.5 Å². The van der Waals surface area contributed by atoms with Crippen LogP contribution in [-0.2, 0) is 14.4 Å². The fraction of sp³-hybridized carbons (Fsp3) is 0.176. The molecule has 0 atom stereocenters. The van der Waals surface area contributed by atoms with E-state index in [-0.39, 0.29) is 36.5 Å². The van der Waals surface area contributed by atoms with E-state index in [0.29, 0.717) is 22.7 Å². The molecule has 0 bridgehead atoms. The van der Waals surface area contributed by atoms with Gasteiger partial charge in [0.2, 0.25) is 11.8 Å². The summed E-state index contributed by atoms with van der Waals surface area (Å²) in [7, 11) is 3.18. The lowest BCUT2D eigenvalue weighted by atomic mass is 10.2. The average Bonchev–Trinajstić information content (AvgIpc) is 3.04. The normalized spacial score (nSPS) is 10.4. The SMILES string of the molecule is Cc1cccc(NC(=O)NCC(=O)N(CC(=O)N(C)c2ccccc2)c2cccc(OCC(=O)N(C)c3cccc(O)c3)c2)c1. The van der Waals surface area contributed by atoms with Crippen molar-refractivity contribution in [1.82, 2.24) is 5.32 Å². The molecule has 5 amide bonds. The monoisotopic (exact) mass is 609 g/mol. The lowest BCUT2D eigenvalue weighted by molar-refractivity contribution is -0.121. The van der Waals surface area contributed by atoms with Crippen LogP contribution in [0.25, 0.3) is 0 Å². The Kier molecular flexibility index (Phi) is 10.7. The van der Waals surface area contributed by atoms with Gasteiger partial charge in [0.25, 0.3) is 5.91 Å². The van der Waals surface area contributed by atoms with Gasteiger partial charge in [-0.15, -0.1) is 0 Å². The predicted molar refractivity (Wildman–Crippen MR) is 174 cm³/mol. The molecule has 4 rings (SSSR count). The standard InChI is InChI=1S/C34H35N5O6/c1-24-10-7-11-25(18-24)36-34(44)35-21-31(41)39(22-32(42)37(2)26-12-5-4-6-13-26)28-15-9-17-30(20-28)45-23-33(43)38(3)27-14-8-16-29(40)19-27/h4-20,40H,21-23H2,1-3H3,(H2,35,36,44). The number of carbonyl (C=O) groups is 4. The fourth-order valence-electron chi connectivity index (χ4n) is 4.34. The highest BCUT2D eigenvalue weighted by Crippen LogP contribution is 2.23. The second-order valence-corrected chi connectivity index (χ2v) is 10.2. The third kappa shape index (κ3) is 9.07. The molecule has 4 aromatic rings. The number of phenolic OH excluding ortho intramolecular Hbond substituents is 1. The van der Waals surface area contributed by atoms with Crippen LogP contribution in [0.5, 0.6) is 11.5 Å². The molecule has 0 spiro atoms. The number of hydrogen-bond donors (Lipinski definition) is 3. The molecule has 0 aliphatic heterocycles. The number of hydrogen-bond acceptors (Lipinski definition) is 6. The second-order valence-electron chi connectivity index (χ2n) is 10.2. The smallest absolute Gasteiger partial charge is 0.319 e. The molecule has 3 N–H and O–H groups in total. The van der Waals surface area contributed by atoms with E-state index in [9.17, 15) is 24.3 Å². The van der Waals surface area contributed by atoms with Gasteiger partial charge in [-0.25, -0.2) is 4.79 Å². The molecule has 11 nitrogen and oxygen atoms in total. The average molecular weight is 610 g/mol. The molecule has 0 radical (unpaired) electrons. The van der Waals surface area contributed by atoms with Crippen molar-refractivity contribution in [2.75, 3.05) is 53.8 Å². The number of anilines is 4. The Labute approximate surface area is 261 Å². The summed E-state index contributed by atoms with van der Waals surface area (Å²) in [5.74, 6) is -0.964. The van der Waals surface area contributed by atoms with Crippen molar-refractivity contribution < 1.29 is 29.0 Å². The van der Waals surface area contributed by atoms with Crippen molar-refractivity contribution in [2.24, 2.45) is 0 Å². The molecule has 0 aliphatic rings. The molecule has 0 saturated heterocycles. The van der Waals surface area contributed by atoms with Crippen molar-refractivity contribution in [3.05, 3.63) is 109 Å². The number of amides is 5. The Hall–Kier alpha value is -5.84. The first-order valence-electron chi connectivity index (χ1n) is 14.1. The molecule has 0 heterocycles. The van der Waals surface area contributed by atoms with E-state index in [1.165, 1.54) is 26.8 Å². The molecule has 4 aromatic carbocycles. The zero-order chi connectivity index (χ0) is 32.3. The number of benzene rings is 4. The van der Waals surface area contributed by atoms with Crippen molar-refractivity contribution in [3.8, 4) is 11.5 Å². The van der Waals surface area contributed by atoms with E-state index in [0.717, 1.165) is 5.56 Å². The maximum absolute atomic E-state index is 13.5. The van der Waals surface area contributed by atoms with Crippen molar-refractivity contribution in [1.29, 1.82) is 0 Å². The highest BCUT2D eigenvalue weighted by atomic mass is 16.5. The number of nitrogens with zero attached hydrogens (tertiary/aromatic N) is 3. The lowest BCUT2D eigenvalue weighted by Gasteiger charge is -2.26. The van der Waals surface area contributed by atoms with Gasteiger partial charge in [-0.3, -0.25) is 14.4 Å². The van der Waals surface area contributed by atoms with Crippen LogP contribution in [0.3, 0.4) is 0 Å². The van der Waals surface area contributed by atoms with Gasteiger partial charge in [0.15, 0.2) is 6.61 Å². The van der Waals surface area contributed by atoms with Crippen LogP contribution in [-0.4, -0.2) is 62.7 Å². The van der Waals surface area contributed by atoms with E-state index in [4.69, 9.17) is 4.74 Å². The first-order chi connectivity index (χ1) is 21.6. The zero-order valence-electron chi connectivity index (χ0n) is 25.3. The number of likely N-dealkylation sites (N-methyl/N-ethyl adjacent to an activating group) is 2. The molecule has 0 fully saturated rings. The quantitative estimate of drug-likeness (QED) is 0.229. The Morgan fingerprint density at radius 2 is 1.38 bits per heavy atom. The van der Waals surface area contributed by atoms with Gasteiger partial charge in [-0.1, -0.05) is 42.5 Å². The maximum atomic E-state index is 13.5. The summed E-state index contributed by atoms with van der Waals surface area (Å²) in [6, 6.07) is 28.4. The fourth-order valence-corrected chi connectivity index (χ4v) is 4.34. The summed E-state index contributed by atoms with van der Waals surface area (Å²) in [6.45, 7) is 0.862. The summed E-state index contributed by atoms with van der Waals surface area (Å²) >= 11 is 0. The third-order valence-electron chi connectivity index (χ3n) is 6.87. The minimum Gasteiger partial charge on any atom is -0.508 e. The molecule has 11 heteroatoms. The summed E-state index contributed by atoms with van der Waals surface area (Å²) in [4.78, 5) is 56.2. The lowest BCUT2D eigenvalue weighted by Crippen LogP contribution is -2.46. The number of phenols is 1. The molecule has 0 aliphatic carbocycles. The van der Waals surface area contributed by atoms with Crippen molar-refractivity contribution >= 4 is 46.5 Å². The first-order valence-corrected chi connectivity index (χ1v) is 14.1. The third-order valence-corrected chi connectivity index (χ3v) is 6.87. The Balaban J connectivity index is 1.48. The summed E-state index contributed by atoms with van der Waals surface area (Å²) < 4.78 is 5.74. The Bertz CT molecular complexity index is 1660. The Morgan fingerprint density at radius 1 is 0.711 bits per heavy atom. The van der Waals surface area contributed by atoms with Crippen LogP contribution in [0, 0.1) is 6.92 Å². The highest BCUT2D eigenvalue weighted by molar-refractivity contribution is 6.05. The minimum absolute atomic E-state index is 0.0279. The molecular formula is C34H35N5O6. The number of rotatable bonds is 11. The van der Waals surface area contributed by atoms with Crippen LogP contribution in [0.15, 0.2) is 103 Å². The molecule has 0 saturated carbocycles. The summed E-state index contributed by atoms with van der Waals surface area (Å²) in [5.41, 5.74) is 3.02. The van der Waals surface area contributed by atoms with Crippen LogP contribution in [0.2, 0.25) is 0 Å².